The topological polar surface area (TPSA) is 51.3 Å². The quantitative estimate of drug-likeness (QED) is 0.505. The predicted octanol–water partition coefficient (Wildman–Crippen LogP) is -0.177. The van der Waals surface area contributed by atoms with E-state index in [1.54, 1.807) is 0 Å². The predicted molar refractivity (Wildman–Crippen MR) is 106 cm³/mol. The van der Waals surface area contributed by atoms with E-state index in [9.17, 15) is 4.79 Å². The number of nitrogens with zero attached hydrogens (tertiary/aromatic N) is 4. The van der Waals surface area contributed by atoms with Crippen molar-refractivity contribution in [1.82, 2.24) is 24.9 Å². The van der Waals surface area contributed by atoms with Gasteiger partial charge in [-0.2, -0.15) is 0 Å². The normalized spacial score (nSPS) is 22.6. The van der Waals surface area contributed by atoms with Crippen molar-refractivity contribution in [2.24, 2.45) is 0 Å². The van der Waals surface area contributed by atoms with Crippen LogP contribution in [0.5, 0.6) is 0 Å². The maximum atomic E-state index is 12.3. The summed E-state index contributed by atoms with van der Waals surface area (Å²) in [7, 11) is 0. The second-order valence-corrected chi connectivity index (χ2v) is 7.78. The molecule has 0 aromatic heterocycles. The number of hydrogen-bond acceptors (Lipinski definition) is 5. The Morgan fingerprint density at radius 3 is 2.27 bits per heavy atom. The lowest BCUT2D eigenvalue weighted by molar-refractivity contribution is -0.131. The van der Waals surface area contributed by atoms with Gasteiger partial charge in [-0.05, 0) is 38.0 Å². The van der Waals surface area contributed by atoms with Gasteiger partial charge >= 0.3 is 0 Å². The number of ether oxygens (including phenoxy) is 1. The van der Waals surface area contributed by atoms with Gasteiger partial charge in [0.1, 0.15) is 0 Å². The molecule has 0 spiro atoms. The maximum Gasteiger partial charge on any atom is 0.236 e. The fourth-order valence-electron chi connectivity index (χ4n) is 3.80. The Morgan fingerprint density at radius 2 is 1.58 bits per heavy atom. The molecule has 0 atom stereocenters. The summed E-state index contributed by atoms with van der Waals surface area (Å²) in [6, 6.07) is 0. The van der Waals surface area contributed by atoms with E-state index in [0.29, 0.717) is 12.5 Å². The van der Waals surface area contributed by atoms with E-state index < -0.39 is 0 Å². The lowest BCUT2D eigenvalue weighted by Crippen LogP contribution is -2.53. The van der Waals surface area contributed by atoms with Crippen LogP contribution in [-0.2, 0) is 9.53 Å². The molecule has 0 bridgehead atoms. The lowest BCUT2D eigenvalue weighted by atomic mass is 10.3. The smallest absolute Gasteiger partial charge is 0.236 e. The molecule has 148 valence electrons. The molecular weight excluding hydrogens is 350 g/mol. The first kappa shape index (κ1) is 19.8. The van der Waals surface area contributed by atoms with Crippen LogP contribution in [0.2, 0.25) is 0 Å². The molecule has 1 amide bonds. The largest absolute Gasteiger partial charge is 0.379 e. The van der Waals surface area contributed by atoms with Crippen LogP contribution in [0.1, 0.15) is 19.3 Å². The minimum absolute atomic E-state index is 0.291. The number of carbonyl (C=O) groups is 1. The molecule has 7 nitrogen and oxygen atoms in total. The van der Waals surface area contributed by atoms with Gasteiger partial charge < -0.3 is 19.9 Å². The number of piperazine rings is 1. The highest BCUT2D eigenvalue weighted by atomic mass is 32.1. The summed E-state index contributed by atoms with van der Waals surface area (Å²) in [5, 5.41) is 4.26. The van der Waals surface area contributed by atoms with Crippen LogP contribution in [-0.4, -0.2) is 116 Å². The van der Waals surface area contributed by atoms with E-state index >= 15 is 0 Å². The summed E-state index contributed by atoms with van der Waals surface area (Å²) in [5.74, 6) is 0.291. The van der Waals surface area contributed by atoms with Gasteiger partial charge in [0.05, 0.1) is 19.8 Å². The van der Waals surface area contributed by atoms with E-state index in [4.69, 9.17) is 17.0 Å². The first-order chi connectivity index (χ1) is 12.7. The SMILES string of the molecule is O=C(CN1CCN(C(=S)NCCCN2CCOCC2)CC1)N1CCCC1. The highest BCUT2D eigenvalue weighted by Crippen LogP contribution is 2.09. The Morgan fingerprint density at radius 1 is 0.885 bits per heavy atom. The summed E-state index contributed by atoms with van der Waals surface area (Å²) in [6.45, 7) is 11.9. The summed E-state index contributed by atoms with van der Waals surface area (Å²) in [4.78, 5) is 21.2. The molecule has 0 unspecified atom stereocenters. The van der Waals surface area contributed by atoms with Crippen LogP contribution in [0.25, 0.3) is 0 Å². The third-order valence-corrected chi connectivity index (χ3v) is 5.91. The number of hydrogen-bond donors (Lipinski definition) is 1. The van der Waals surface area contributed by atoms with Gasteiger partial charge in [-0.15, -0.1) is 0 Å². The maximum absolute atomic E-state index is 12.3. The van der Waals surface area contributed by atoms with Gasteiger partial charge in [-0.25, -0.2) is 0 Å². The highest BCUT2D eigenvalue weighted by Gasteiger charge is 2.24. The van der Waals surface area contributed by atoms with E-state index in [0.717, 1.165) is 103 Å². The zero-order chi connectivity index (χ0) is 18.2. The Balaban J connectivity index is 1.26. The number of thiocarbonyl (C=S) groups is 1. The van der Waals surface area contributed by atoms with E-state index in [2.05, 4.69) is 20.0 Å². The van der Waals surface area contributed by atoms with Crippen molar-refractivity contribution in [3.05, 3.63) is 0 Å². The summed E-state index contributed by atoms with van der Waals surface area (Å²) >= 11 is 5.55. The molecule has 0 aliphatic carbocycles. The van der Waals surface area contributed by atoms with E-state index in [1.807, 2.05) is 4.90 Å². The van der Waals surface area contributed by atoms with Crippen molar-refractivity contribution in [3.8, 4) is 0 Å². The molecule has 3 heterocycles. The lowest BCUT2D eigenvalue weighted by Gasteiger charge is -2.36. The Hall–Kier alpha value is -0.960. The van der Waals surface area contributed by atoms with Crippen molar-refractivity contribution in [2.45, 2.75) is 19.3 Å². The number of carbonyl (C=O) groups excluding carboxylic acids is 1. The van der Waals surface area contributed by atoms with Gasteiger partial charge in [-0.3, -0.25) is 14.6 Å². The molecule has 1 N–H and O–H groups in total. The third kappa shape index (κ3) is 6.04. The Bertz CT molecular complexity index is 458. The molecule has 0 aromatic carbocycles. The fourth-order valence-corrected chi connectivity index (χ4v) is 4.09. The zero-order valence-corrected chi connectivity index (χ0v) is 16.6. The number of likely N-dealkylation sites (tertiary alicyclic amines) is 1. The average molecular weight is 384 g/mol. The second kappa shape index (κ2) is 10.4. The summed E-state index contributed by atoms with van der Waals surface area (Å²) < 4.78 is 5.37. The van der Waals surface area contributed by atoms with Gasteiger partial charge in [0.15, 0.2) is 5.11 Å². The number of morpholine rings is 1. The average Bonchev–Trinajstić information content (AvgIpc) is 3.21. The molecule has 26 heavy (non-hydrogen) atoms. The molecule has 3 saturated heterocycles. The molecule has 8 heteroatoms. The summed E-state index contributed by atoms with van der Waals surface area (Å²) in [5.41, 5.74) is 0. The van der Waals surface area contributed by atoms with Crippen LogP contribution < -0.4 is 5.32 Å². The van der Waals surface area contributed by atoms with E-state index in [1.165, 1.54) is 0 Å². The van der Waals surface area contributed by atoms with Gasteiger partial charge in [0.2, 0.25) is 5.91 Å². The van der Waals surface area contributed by atoms with Crippen molar-refractivity contribution in [1.29, 1.82) is 0 Å². The third-order valence-electron chi connectivity index (χ3n) is 5.51. The highest BCUT2D eigenvalue weighted by molar-refractivity contribution is 7.80. The molecule has 3 fully saturated rings. The van der Waals surface area contributed by atoms with Gasteiger partial charge in [0, 0.05) is 58.9 Å². The van der Waals surface area contributed by atoms with Crippen LogP contribution in [0.4, 0.5) is 0 Å². The van der Waals surface area contributed by atoms with Crippen molar-refractivity contribution in [2.75, 3.05) is 85.2 Å². The number of rotatable bonds is 6. The number of amides is 1. The van der Waals surface area contributed by atoms with Crippen molar-refractivity contribution < 1.29 is 9.53 Å². The molecule has 0 radical (unpaired) electrons. The number of nitrogens with one attached hydrogen (secondary N) is 1. The van der Waals surface area contributed by atoms with Crippen molar-refractivity contribution >= 4 is 23.2 Å². The zero-order valence-electron chi connectivity index (χ0n) is 15.8. The fraction of sp³-hybridized carbons (Fsp3) is 0.889. The van der Waals surface area contributed by atoms with Crippen LogP contribution in [0.3, 0.4) is 0 Å². The van der Waals surface area contributed by atoms with Crippen LogP contribution >= 0.6 is 12.2 Å². The molecule has 3 aliphatic rings. The van der Waals surface area contributed by atoms with Crippen LogP contribution in [0.15, 0.2) is 0 Å². The van der Waals surface area contributed by atoms with Gasteiger partial charge in [0.25, 0.3) is 0 Å². The minimum atomic E-state index is 0.291. The first-order valence-corrected chi connectivity index (χ1v) is 10.5. The molecule has 3 aliphatic heterocycles. The molecule has 3 rings (SSSR count). The van der Waals surface area contributed by atoms with Gasteiger partial charge in [-0.1, -0.05) is 0 Å². The Labute approximate surface area is 162 Å². The summed E-state index contributed by atoms with van der Waals surface area (Å²) in [6.07, 6.45) is 3.42. The molecular formula is C18H33N5O2S. The Kier molecular flexibility index (Phi) is 7.91. The van der Waals surface area contributed by atoms with E-state index in [-0.39, 0.29) is 0 Å². The second-order valence-electron chi connectivity index (χ2n) is 7.39. The molecule has 0 saturated carbocycles. The first-order valence-electron chi connectivity index (χ1n) is 10.1. The van der Waals surface area contributed by atoms with Crippen LogP contribution in [0, 0.1) is 0 Å². The molecule has 0 aromatic rings. The standard InChI is InChI=1S/C18H33N5O2S/c24-17(22-6-1-2-7-22)16-21-8-10-23(11-9-21)18(26)19-4-3-5-20-12-14-25-15-13-20/h1-16H2,(H,19,26). The minimum Gasteiger partial charge on any atom is -0.379 e. The monoisotopic (exact) mass is 383 g/mol. The van der Waals surface area contributed by atoms with Crippen molar-refractivity contribution in [3.63, 3.8) is 0 Å².